The summed E-state index contributed by atoms with van der Waals surface area (Å²) in [5.74, 6) is 6.54. The molecule has 108 valence electrons. The summed E-state index contributed by atoms with van der Waals surface area (Å²) in [6.07, 6.45) is 4.11. The second-order valence-electron chi connectivity index (χ2n) is 4.79. The number of benzene rings is 1. The van der Waals surface area contributed by atoms with Gasteiger partial charge >= 0.3 is 0 Å². The molecule has 1 heterocycles. The molecule has 0 saturated heterocycles. The van der Waals surface area contributed by atoms with E-state index in [1.807, 2.05) is 43.6 Å². The first-order valence-electron chi connectivity index (χ1n) is 6.93. The van der Waals surface area contributed by atoms with Gasteiger partial charge in [-0.1, -0.05) is 25.5 Å². The fraction of sp³-hybridized carbons (Fsp3) is 0.400. The molecule has 0 aliphatic carbocycles. The van der Waals surface area contributed by atoms with Crippen molar-refractivity contribution in [2.75, 3.05) is 6.61 Å². The molecule has 20 heavy (non-hydrogen) atoms. The van der Waals surface area contributed by atoms with Crippen molar-refractivity contribution in [2.45, 2.75) is 25.8 Å². The van der Waals surface area contributed by atoms with Gasteiger partial charge in [-0.25, -0.2) is 5.43 Å². The number of ether oxygens (including phenoxy) is 1. The molecule has 1 aromatic heterocycles. The molecule has 0 saturated carbocycles. The molecule has 1 atom stereocenters. The average molecular weight is 274 g/mol. The van der Waals surface area contributed by atoms with Gasteiger partial charge in [0.25, 0.3) is 0 Å². The molecule has 1 aromatic carbocycles. The zero-order valence-electron chi connectivity index (χ0n) is 12.0. The lowest BCUT2D eigenvalue weighted by atomic mass is 10.0. The Labute approximate surface area is 119 Å². The van der Waals surface area contributed by atoms with Gasteiger partial charge in [0.1, 0.15) is 5.75 Å². The molecular formula is C15H22N4O. The van der Waals surface area contributed by atoms with E-state index < -0.39 is 0 Å². The van der Waals surface area contributed by atoms with Crippen LogP contribution in [0.2, 0.25) is 0 Å². The highest BCUT2D eigenvalue weighted by Gasteiger charge is 2.14. The van der Waals surface area contributed by atoms with Gasteiger partial charge in [-0.2, -0.15) is 5.10 Å². The number of rotatable bonds is 7. The minimum Gasteiger partial charge on any atom is -0.494 e. The summed E-state index contributed by atoms with van der Waals surface area (Å²) >= 11 is 0. The Morgan fingerprint density at radius 1 is 1.30 bits per heavy atom. The smallest absolute Gasteiger partial charge is 0.119 e. The number of nitrogens with two attached hydrogens (primary N) is 1. The Morgan fingerprint density at radius 3 is 2.60 bits per heavy atom. The maximum absolute atomic E-state index is 5.65. The molecule has 0 fully saturated rings. The summed E-state index contributed by atoms with van der Waals surface area (Å²) in [5.41, 5.74) is 4.76. The maximum atomic E-state index is 5.65. The first-order valence-corrected chi connectivity index (χ1v) is 6.93. The third-order valence-electron chi connectivity index (χ3n) is 3.18. The molecule has 1 unspecified atom stereocenters. The van der Waals surface area contributed by atoms with Crippen LogP contribution in [-0.2, 0) is 7.05 Å². The molecule has 0 aliphatic rings. The van der Waals surface area contributed by atoms with E-state index in [0.717, 1.165) is 36.5 Å². The lowest BCUT2D eigenvalue weighted by molar-refractivity contribution is 0.309. The van der Waals surface area contributed by atoms with Crippen LogP contribution in [0.15, 0.2) is 36.5 Å². The molecule has 0 spiro atoms. The van der Waals surface area contributed by atoms with Crippen LogP contribution in [0.5, 0.6) is 5.75 Å². The third kappa shape index (κ3) is 3.59. The molecular weight excluding hydrogens is 252 g/mol. The number of hydrazine groups is 1. The number of unbranched alkanes of at least 4 members (excludes halogenated alkanes) is 1. The van der Waals surface area contributed by atoms with Crippen LogP contribution in [0.1, 0.15) is 37.1 Å². The normalized spacial score (nSPS) is 12.3. The monoisotopic (exact) mass is 274 g/mol. The summed E-state index contributed by atoms with van der Waals surface area (Å²) in [7, 11) is 1.89. The van der Waals surface area contributed by atoms with Gasteiger partial charge in [-0.05, 0) is 30.2 Å². The fourth-order valence-corrected chi connectivity index (χ4v) is 2.03. The van der Waals surface area contributed by atoms with E-state index in [4.69, 9.17) is 10.6 Å². The van der Waals surface area contributed by atoms with Crippen LogP contribution in [-0.4, -0.2) is 16.4 Å². The van der Waals surface area contributed by atoms with Crippen molar-refractivity contribution in [3.8, 4) is 5.75 Å². The molecule has 3 N–H and O–H groups in total. The van der Waals surface area contributed by atoms with E-state index in [1.54, 1.807) is 4.68 Å². The SMILES string of the molecule is CCCCOc1ccc(C(NN)c2ccn(C)n2)cc1. The van der Waals surface area contributed by atoms with Crippen LogP contribution >= 0.6 is 0 Å². The predicted molar refractivity (Wildman–Crippen MR) is 79.2 cm³/mol. The topological polar surface area (TPSA) is 65.1 Å². The predicted octanol–water partition coefficient (Wildman–Crippen LogP) is 2.15. The number of nitrogens with one attached hydrogen (secondary N) is 1. The van der Waals surface area contributed by atoms with E-state index in [-0.39, 0.29) is 6.04 Å². The molecule has 5 heteroatoms. The molecule has 0 amide bonds. The van der Waals surface area contributed by atoms with Crippen molar-refractivity contribution in [1.29, 1.82) is 0 Å². The van der Waals surface area contributed by atoms with E-state index in [9.17, 15) is 0 Å². The van der Waals surface area contributed by atoms with Crippen LogP contribution in [0.4, 0.5) is 0 Å². The van der Waals surface area contributed by atoms with Gasteiger partial charge in [0, 0.05) is 13.2 Å². The number of nitrogens with zero attached hydrogens (tertiary/aromatic N) is 2. The van der Waals surface area contributed by atoms with E-state index in [1.165, 1.54) is 0 Å². The molecule has 0 bridgehead atoms. The summed E-state index contributed by atoms with van der Waals surface area (Å²) in [6, 6.07) is 9.81. The van der Waals surface area contributed by atoms with Crippen molar-refractivity contribution in [2.24, 2.45) is 12.9 Å². The van der Waals surface area contributed by atoms with Crippen LogP contribution in [0.25, 0.3) is 0 Å². The Hall–Kier alpha value is -1.85. The highest BCUT2D eigenvalue weighted by atomic mass is 16.5. The Bertz CT molecular complexity index is 521. The second-order valence-corrected chi connectivity index (χ2v) is 4.79. The third-order valence-corrected chi connectivity index (χ3v) is 3.18. The van der Waals surface area contributed by atoms with E-state index in [0.29, 0.717) is 0 Å². The second kappa shape index (κ2) is 7.07. The Kier molecular flexibility index (Phi) is 5.15. The number of aryl methyl sites for hydroxylation is 1. The fourth-order valence-electron chi connectivity index (χ4n) is 2.03. The maximum Gasteiger partial charge on any atom is 0.119 e. The van der Waals surface area contributed by atoms with Crippen LogP contribution < -0.4 is 16.0 Å². The van der Waals surface area contributed by atoms with Crippen LogP contribution in [0.3, 0.4) is 0 Å². The first kappa shape index (κ1) is 14.6. The number of aromatic nitrogens is 2. The average Bonchev–Trinajstić information content (AvgIpc) is 2.88. The standard InChI is InChI=1S/C15H22N4O/c1-3-4-11-20-13-7-5-12(6-8-13)15(17-16)14-9-10-19(2)18-14/h5-10,15,17H,3-4,11,16H2,1-2H3. The lowest BCUT2D eigenvalue weighted by Gasteiger charge is -2.14. The number of hydrogen-bond donors (Lipinski definition) is 2. The largest absolute Gasteiger partial charge is 0.494 e. The molecule has 0 radical (unpaired) electrons. The van der Waals surface area contributed by atoms with Gasteiger partial charge in [-0.15, -0.1) is 0 Å². The molecule has 5 nitrogen and oxygen atoms in total. The Morgan fingerprint density at radius 2 is 2.05 bits per heavy atom. The van der Waals surface area contributed by atoms with Gasteiger partial charge in [0.2, 0.25) is 0 Å². The van der Waals surface area contributed by atoms with Crippen molar-refractivity contribution in [1.82, 2.24) is 15.2 Å². The van der Waals surface area contributed by atoms with Crippen molar-refractivity contribution < 1.29 is 4.74 Å². The molecule has 2 rings (SSSR count). The summed E-state index contributed by atoms with van der Waals surface area (Å²) < 4.78 is 7.42. The zero-order chi connectivity index (χ0) is 14.4. The van der Waals surface area contributed by atoms with Gasteiger partial charge in [-0.3, -0.25) is 10.5 Å². The highest BCUT2D eigenvalue weighted by molar-refractivity contribution is 5.32. The van der Waals surface area contributed by atoms with Crippen molar-refractivity contribution >= 4 is 0 Å². The van der Waals surface area contributed by atoms with Crippen molar-refractivity contribution in [3.63, 3.8) is 0 Å². The lowest BCUT2D eigenvalue weighted by Crippen LogP contribution is -2.29. The quantitative estimate of drug-likeness (QED) is 0.461. The minimum absolute atomic E-state index is 0.110. The highest BCUT2D eigenvalue weighted by Crippen LogP contribution is 2.22. The Balaban J connectivity index is 2.07. The summed E-state index contributed by atoms with van der Waals surface area (Å²) in [5, 5.41) is 4.38. The van der Waals surface area contributed by atoms with Gasteiger partial charge < -0.3 is 4.74 Å². The number of hydrogen-bond acceptors (Lipinski definition) is 4. The minimum atomic E-state index is -0.110. The summed E-state index contributed by atoms with van der Waals surface area (Å²) in [4.78, 5) is 0. The summed E-state index contributed by atoms with van der Waals surface area (Å²) in [6.45, 7) is 2.91. The van der Waals surface area contributed by atoms with Crippen molar-refractivity contribution in [3.05, 3.63) is 47.8 Å². The molecule has 0 aliphatic heterocycles. The van der Waals surface area contributed by atoms with E-state index in [2.05, 4.69) is 17.4 Å². The van der Waals surface area contributed by atoms with E-state index >= 15 is 0 Å². The first-order chi connectivity index (χ1) is 9.74. The molecule has 2 aromatic rings. The van der Waals surface area contributed by atoms with Gasteiger partial charge in [0.15, 0.2) is 0 Å². The van der Waals surface area contributed by atoms with Crippen LogP contribution in [0, 0.1) is 0 Å². The zero-order valence-corrected chi connectivity index (χ0v) is 12.0. The van der Waals surface area contributed by atoms with Gasteiger partial charge in [0.05, 0.1) is 18.3 Å².